The summed E-state index contributed by atoms with van der Waals surface area (Å²) in [5.74, 6) is 0.910. The average Bonchev–Trinajstić information content (AvgIpc) is 2.98. The predicted molar refractivity (Wildman–Crippen MR) is 105 cm³/mol. The number of rotatable bonds is 6. The monoisotopic (exact) mass is 363 g/mol. The van der Waals surface area contributed by atoms with Gasteiger partial charge in [-0.3, -0.25) is 0 Å². The van der Waals surface area contributed by atoms with Crippen molar-refractivity contribution >= 4 is 18.1 Å². The first-order valence-corrected chi connectivity index (χ1v) is 7.96. The van der Waals surface area contributed by atoms with Gasteiger partial charge in [0, 0.05) is 24.5 Å². The number of pyridine rings is 1. The van der Waals surface area contributed by atoms with E-state index in [2.05, 4.69) is 54.7 Å². The quantitative estimate of drug-likeness (QED) is 0.631. The van der Waals surface area contributed by atoms with Crippen molar-refractivity contribution in [1.82, 2.24) is 14.3 Å². The highest BCUT2D eigenvalue weighted by atomic mass is 35.5. The van der Waals surface area contributed by atoms with Gasteiger partial charge in [0.05, 0.1) is 12.3 Å². The standard InChI is InChI=1S/C19H23N3O.ClH.H2O/c1-15-6-4-12-22-14-18(20-19(15)22)16-7-9-17(10-8-16)23-13-5-11-21(2)3;;/h4,6-10,12,14H,5,11,13H2,1-3H3;1H;1H2. The van der Waals surface area contributed by atoms with Crippen molar-refractivity contribution in [3.05, 3.63) is 54.4 Å². The number of aromatic nitrogens is 2. The van der Waals surface area contributed by atoms with E-state index in [0.717, 1.165) is 42.2 Å². The van der Waals surface area contributed by atoms with Gasteiger partial charge in [-0.1, -0.05) is 6.07 Å². The lowest BCUT2D eigenvalue weighted by molar-refractivity contribution is 0.281. The molecule has 1 aromatic carbocycles. The summed E-state index contributed by atoms with van der Waals surface area (Å²) in [6.45, 7) is 3.86. The van der Waals surface area contributed by atoms with Crippen LogP contribution in [0.3, 0.4) is 0 Å². The van der Waals surface area contributed by atoms with E-state index in [0.29, 0.717) is 0 Å². The molecule has 0 aliphatic heterocycles. The Balaban J connectivity index is 0.00000156. The van der Waals surface area contributed by atoms with E-state index in [1.54, 1.807) is 0 Å². The minimum atomic E-state index is 0. The molecular formula is C19H26ClN3O2. The number of aryl methyl sites for hydroxylation is 1. The molecular weight excluding hydrogens is 338 g/mol. The lowest BCUT2D eigenvalue weighted by atomic mass is 10.2. The van der Waals surface area contributed by atoms with Gasteiger partial charge in [-0.25, -0.2) is 4.98 Å². The van der Waals surface area contributed by atoms with E-state index >= 15 is 0 Å². The Morgan fingerprint density at radius 3 is 2.48 bits per heavy atom. The second-order valence-corrected chi connectivity index (χ2v) is 6.08. The number of imidazole rings is 1. The summed E-state index contributed by atoms with van der Waals surface area (Å²) in [5.41, 5.74) is 4.28. The molecule has 6 heteroatoms. The van der Waals surface area contributed by atoms with Gasteiger partial charge in [-0.05, 0) is 63.3 Å². The van der Waals surface area contributed by atoms with Crippen LogP contribution >= 0.6 is 12.4 Å². The van der Waals surface area contributed by atoms with E-state index in [4.69, 9.17) is 9.72 Å². The van der Waals surface area contributed by atoms with Crippen LogP contribution in [-0.4, -0.2) is 47.0 Å². The van der Waals surface area contributed by atoms with Crippen LogP contribution in [0.1, 0.15) is 12.0 Å². The smallest absolute Gasteiger partial charge is 0.140 e. The fourth-order valence-electron chi connectivity index (χ4n) is 2.59. The van der Waals surface area contributed by atoms with E-state index in [1.165, 1.54) is 5.56 Å². The molecule has 0 fully saturated rings. The first kappa shape index (κ1) is 21.0. The highest BCUT2D eigenvalue weighted by molar-refractivity contribution is 5.85. The minimum absolute atomic E-state index is 0. The summed E-state index contributed by atoms with van der Waals surface area (Å²) >= 11 is 0. The lowest BCUT2D eigenvalue weighted by Gasteiger charge is -2.10. The molecule has 0 saturated carbocycles. The second-order valence-electron chi connectivity index (χ2n) is 6.08. The zero-order valence-corrected chi connectivity index (χ0v) is 15.7. The summed E-state index contributed by atoms with van der Waals surface area (Å²) < 4.78 is 7.84. The van der Waals surface area contributed by atoms with Crippen LogP contribution in [0.25, 0.3) is 16.9 Å². The van der Waals surface area contributed by atoms with E-state index in [1.807, 2.05) is 24.4 Å². The van der Waals surface area contributed by atoms with Crippen molar-refractivity contribution in [2.75, 3.05) is 27.2 Å². The maximum absolute atomic E-state index is 5.77. The number of halogens is 1. The van der Waals surface area contributed by atoms with Crippen molar-refractivity contribution < 1.29 is 10.2 Å². The molecule has 0 aliphatic rings. The molecule has 0 saturated heterocycles. The number of hydrogen-bond donors (Lipinski definition) is 0. The number of nitrogens with zero attached hydrogens (tertiary/aromatic N) is 3. The number of fused-ring (bicyclic) bond motifs is 1. The number of hydrogen-bond acceptors (Lipinski definition) is 3. The summed E-state index contributed by atoms with van der Waals surface area (Å²) in [5, 5.41) is 0. The molecule has 0 spiro atoms. The number of ether oxygens (including phenoxy) is 1. The molecule has 0 atom stereocenters. The molecule has 0 radical (unpaired) electrons. The highest BCUT2D eigenvalue weighted by Crippen LogP contribution is 2.23. The van der Waals surface area contributed by atoms with Crippen molar-refractivity contribution in [2.45, 2.75) is 13.3 Å². The zero-order chi connectivity index (χ0) is 16.2. The molecule has 2 heterocycles. The second kappa shape index (κ2) is 9.42. The molecule has 2 aromatic heterocycles. The predicted octanol–water partition coefficient (Wildman–Crippen LogP) is 3.24. The molecule has 3 rings (SSSR count). The van der Waals surface area contributed by atoms with Gasteiger partial charge in [-0.15, -0.1) is 12.4 Å². The van der Waals surface area contributed by atoms with Crippen molar-refractivity contribution in [3.8, 4) is 17.0 Å². The van der Waals surface area contributed by atoms with Crippen LogP contribution in [0, 0.1) is 6.92 Å². The van der Waals surface area contributed by atoms with E-state index < -0.39 is 0 Å². The maximum atomic E-state index is 5.77. The Morgan fingerprint density at radius 2 is 1.84 bits per heavy atom. The Kier molecular flexibility index (Phi) is 7.90. The molecule has 5 nitrogen and oxygen atoms in total. The van der Waals surface area contributed by atoms with E-state index in [-0.39, 0.29) is 17.9 Å². The van der Waals surface area contributed by atoms with Gasteiger partial charge in [0.15, 0.2) is 0 Å². The average molecular weight is 364 g/mol. The number of benzene rings is 1. The van der Waals surface area contributed by atoms with Crippen LogP contribution in [0.15, 0.2) is 48.8 Å². The van der Waals surface area contributed by atoms with Crippen LogP contribution in [-0.2, 0) is 0 Å². The van der Waals surface area contributed by atoms with E-state index in [9.17, 15) is 0 Å². The van der Waals surface area contributed by atoms with Gasteiger partial charge < -0.3 is 19.5 Å². The van der Waals surface area contributed by atoms with Crippen molar-refractivity contribution in [1.29, 1.82) is 0 Å². The molecule has 0 bridgehead atoms. The molecule has 3 aromatic rings. The van der Waals surface area contributed by atoms with Crippen molar-refractivity contribution in [2.24, 2.45) is 0 Å². The van der Waals surface area contributed by atoms with Gasteiger partial charge in [0.1, 0.15) is 11.4 Å². The molecule has 0 unspecified atom stereocenters. The third-order valence-corrected chi connectivity index (χ3v) is 3.85. The Hall–Kier alpha value is -2.08. The topological polar surface area (TPSA) is 61.3 Å². The summed E-state index contributed by atoms with van der Waals surface area (Å²) in [4.78, 5) is 6.89. The third kappa shape index (κ3) is 5.19. The summed E-state index contributed by atoms with van der Waals surface area (Å²) in [7, 11) is 4.15. The van der Waals surface area contributed by atoms with Crippen molar-refractivity contribution in [3.63, 3.8) is 0 Å². The SMILES string of the molecule is Cc1cccn2cc(-c3ccc(OCCCN(C)C)cc3)nc12.Cl.O. The highest BCUT2D eigenvalue weighted by Gasteiger charge is 2.06. The van der Waals surface area contributed by atoms with Crippen LogP contribution in [0.5, 0.6) is 5.75 Å². The molecule has 0 amide bonds. The van der Waals surface area contributed by atoms with Gasteiger partial charge in [0.25, 0.3) is 0 Å². The molecule has 136 valence electrons. The molecule has 0 aliphatic carbocycles. The Morgan fingerprint density at radius 1 is 1.12 bits per heavy atom. The normalized spacial score (nSPS) is 10.4. The fourth-order valence-corrected chi connectivity index (χ4v) is 2.59. The van der Waals surface area contributed by atoms with Gasteiger partial charge >= 0.3 is 0 Å². The largest absolute Gasteiger partial charge is 0.494 e. The molecule has 25 heavy (non-hydrogen) atoms. The Labute approximate surface area is 155 Å². The maximum Gasteiger partial charge on any atom is 0.140 e. The molecule has 2 N–H and O–H groups in total. The lowest BCUT2D eigenvalue weighted by Crippen LogP contribution is -2.15. The van der Waals surface area contributed by atoms with Gasteiger partial charge in [0.2, 0.25) is 0 Å². The first-order chi connectivity index (χ1) is 11.1. The van der Waals surface area contributed by atoms with Crippen LogP contribution in [0.4, 0.5) is 0 Å². The fraction of sp³-hybridized carbons (Fsp3) is 0.316. The summed E-state index contributed by atoms with van der Waals surface area (Å²) in [6, 6.07) is 12.3. The van der Waals surface area contributed by atoms with Gasteiger partial charge in [-0.2, -0.15) is 0 Å². The zero-order valence-electron chi connectivity index (χ0n) is 14.9. The minimum Gasteiger partial charge on any atom is -0.494 e. The third-order valence-electron chi connectivity index (χ3n) is 3.85. The summed E-state index contributed by atoms with van der Waals surface area (Å²) in [6.07, 6.45) is 5.12. The first-order valence-electron chi connectivity index (χ1n) is 7.96. The van der Waals surface area contributed by atoms with Crippen LogP contribution < -0.4 is 4.74 Å². The van der Waals surface area contributed by atoms with Crippen LogP contribution in [0.2, 0.25) is 0 Å². The Bertz CT molecular complexity index is 785.